The van der Waals surface area contributed by atoms with E-state index in [1.807, 2.05) is 13.0 Å². The molecule has 0 radical (unpaired) electrons. The third kappa shape index (κ3) is 5.24. The van der Waals surface area contributed by atoms with Crippen LogP contribution in [0.1, 0.15) is 11.1 Å². The van der Waals surface area contributed by atoms with Gasteiger partial charge in [0.2, 0.25) is 0 Å². The summed E-state index contributed by atoms with van der Waals surface area (Å²) in [6.45, 7) is 3.30. The number of carbonyl (C=O) groups is 1. The van der Waals surface area contributed by atoms with Gasteiger partial charge < -0.3 is 10.1 Å². The minimum atomic E-state index is -0.476. The summed E-state index contributed by atoms with van der Waals surface area (Å²) in [5.74, 6) is 0.125. The van der Waals surface area contributed by atoms with Crippen LogP contribution in [0.25, 0.3) is 0 Å². The minimum absolute atomic E-state index is 0.0296. The van der Waals surface area contributed by atoms with E-state index in [1.165, 1.54) is 12.1 Å². The van der Waals surface area contributed by atoms with Crippen LogP contribution in [-0.4, -0.2) is 22.5 Å². The summed E-state index contributed by atoms with van der Waals surface area (Å²) in [6.07, 6.45) is 0. The smallest absolute Gasteiger partial charge is 0.274 e. The lowest BCUT2D eigenvalue weighted by Gasteiger charge is -2.12. The largest absolute Gasteiger partial charge is 0.484 e. The molecule has 9 heteroatoms. The fraction of sp³-hybridized carbons (Fsp3) is 0.176. The first-order chi connectivity index (χ1) is 12.3. The number of anilines is 1. The Hall–Kier alpha value is -2.52. The van der Waals surface area contributed by atoms with Crippen molar-refractivity contribution < 1.29 is 14.5 Å². The Balaban J connectivity index is 1.91. The normalized spacial score (nSPS) is 10.1. The van der Waals surface area contributed by atoms with Crippen molar-refractivity contribution in [3.8, 4) is 5.75 Å². The van der Waals surface area contributed by atoms with Crippen molar-refractivity contribution in [2.75, 3.05) is 11.9 Å². The lowest BCUT2D eigenvalue weighted by Crippen LogP contribution is -2.37. The summed E-state index contributed by atoms with van der Waals surface area (Å²) in [4.78, 5) is 22.4. The number of rotatable bonds is 5. The average Bonchev–Trinajstić information content (AvgIpc) is 2.57. The SMILES string of the molecule is Cc1cc(OCC(=O)NC(=S)Nc2cccc([N+](=O)[O-])c2C)ccc1Br. The van der Waals surface area contributed by atoms with Crippen molar-refractivity contribution in [2.45, 2.75) is 13.8 Å². The Morgan fingerprint density at radius 1 is 1.31 bits per heavy atom. The zero-order valence-electron chi connectivity index (χ0n) is 14.0. The van der Waals surface area contributed by atoms with E-state index in [9.17, 15) is 14.9 Å². The van der Waals surface area contributed by atoms with Crippen molar-refractivity contribution in [3.63, 3.8) is 0 Å². The highest BCUT2D eigenvalue weighted by Crippen LogP contribution is 2.25. The second-order valence-electron chi connectivity index (χ2n) is 5.41. The van der Waals surface area contributed by atoms with Crippen LogP contribution in [0.15, 0.2) is 40.9 Å². The molecule has 0 spiro atoms. The van der Waals surface area contributed by atoms with Crippen LogP contribution < -0.4 is 15.4 Å². The van der Waals surface area contributed by atoms with Gasteiger partial charge >= 0.3 is 0 Å². The van der Waals surface area contributed by atoms with Gasteiger partial charge in [0.15, 0.2) is 11.7 Å². The van der Waals surface area contributed by atoms with Crippen molar-refractivity contribution in [1.29, 1.82) is 0 Å². The molecule has 26 heavy (non-hydrogen) atoms. The summed E-state index contributed by atoms with van der Waals surface area (Å²) in [7, 11) is 0. The van der Waals surface area contributed by atoms with Crippen molar-refractivity contribution in [1.82, 2.24) is 5.32 Å². The number of halogens is 1. The predicted molar refractivity (Wildman–Crippen MR) is 107 cm³/mol. The molecule has 7 nitrogen and oxygen atoms in total. The molecule has 0 aliphatic heterocycles. The number of nitrogens with zero attached hydrogens (tertiary/aromatic N) is 1. The molecule has 0 unspecified atom stereocenters. The summed E-state index contributed by atoms with van der Waals surface area (Å²) in [5, 5.41) is 16.3. The maximum Gasteiger partial charge on any atom is 0.274 e. The molecule has 0 atom stereocenters. The molecule has 2 aromatic carbocycles. The molecule has 0 aliphatic carbocycles. The molecule has 0 aliphatic rings. The molecule has 0 heterocycles. The quantitative estimate of drug-likeness (QED) is 0.418. The Bertz CT molecular complexity index is 873. The van der Waals surface area contributed by atoms with Crippen LogP contribution in [0.4, 0.5) is 11.4 Å². The van der Waals surface area contributed by atoms with Gasteiger partial charge in [-0.05, 0) is 55.9 Å². The number of amides is 1. The molecular weight excluding hydrogens is 422 g/mol. The Morgan fingerprint density at radius 3 is 2.69 bits per heavy atom. The minimum Gasteiger partial charge on any atom is -0.484 e. The number of ether oxygens (including phenoxy) is 1. The van der Waals surface area contributed by atoms with Gasteiger partial charge in [0.1, 0.15) is 5.75 Å². The predicted octanol–water partition coefficient (Wildman–Crippen LogP) is 3.87. The van der Waals surface area contributed by atoms with Crippen molar-refractivity contribution in [2.24, 2.45) is 0 Å². The number of carbonyl (C=O) groups excluding carboxylic acids is 1. The molecule has 0 bridgehead atoms. The Morgan fingerprint density at radius 2 is 2.04 bits per heavy atom. The maximum absolute atomic E-state index is 11.9. The van der Waals surface area contributed by atoms with Crippen LogP contribution >= 0.6 is 28.1 Å². The number of hydrogen-bond donors (Lipinski definition) is 2. The molecule has 2 rings (SSSR count). The lowest BCUT2D eigenvalue weighted by molar-refractivity contribution is -0.385. The first-order valence-electron chi connectivity index (χ1n) is 7.51. The van der Waals surface area contributed by atoms with Gasteiger partial charge in [-0.2, -0.15) is 0 Å². The van der Waals surface area contributed by atoms with Gasteiger partial charge in [0.25, 0.3) is 11.6 Å². The van der Waals surface area contributed by atoms with E-state index in [2.05, 4.69) is 26.6 Å². The molecule has 0 saturated carbocycles. The first kappa shape index (κ1) is 19.8. The van der Waals surface area contributed by atoms with Gasteiger partial charge in [-0.1, -0.05) is 22.0 Å². The van der Waals surface area contributed by atoms with Gasteiger partial charge in [0, 0.05) is 10.5 Å². The van der Waals surface area contributed by atoms with Crippen LogP contribution in [0.5, 0.6) is 5.75 Å². The average molecular weight is 438 g/mol. The zero-order chi connectivity index (χ0) is 19.3. The number of nitro groups is 1. The number of aryl methyl sites for hydroxylation is 1. The fourth-order valence-electron chi connectivity index (χ4n) is 2.13. The number of nitro benzene ring substituents is 1. The number of benzene rings is 2. The first-order valence-corrected chi connectivity index (χ1v) is 8.72. The second kappa shape index (κ2) is 8.72. The zero-order valence-corrected chi connectivity index (χ0v) is 16.4. The van der Waals surface area contributed by atoms with E-state index < -0.39 is 10.8 Å². The highest BCUT2D eigenvalue weighted by atomic mass is 79.9. The highest BCUT2D eigenvalue weighted by molar-refractivity contribution is 9.10. The lowest BCUT2D eigenvalue weighted by atomic mass is 10.1. The van der Waals surface area contributed by atoms with E-state index in [1.54, 1.807) is 25.1 Å². The molecule has 2 N–H and O–H groups in total. The third-order valence-corrected chi connectivity index (χ3v) is 4.60. The van der Waals surface area contributed by atoms with Crippen LogP contribution in [0, 0.1) is 24.0 Å². The Labute approximate surface area is 164 Å². The van der Waals surface area contributed by atoms with Crippen LogP contribution in [0.3, 0.4) is 0 Å². The van der Waals surface area contributed by atoms with Gasteiger partial charge in [-0.15, -0.1) is 0 Å². The molecule has 0 aromatic heterocycles. The molecule has 0 saturated heterocycles. The summed E-state index contributed by atoms with van der Waals surface area (Å²) >= 11 is 8.47. The van der Waals surface area contributed by atoms with Gasteiger partial charge in [0.05, 0.1) is 16.2 Å². The fourth-order valence-corrected chi connectivity index (χ4v) is 2.60. The molecule has 1 amide bonds. The molecule has 2 aromatic rings. The summed E-state index contributed by atoms with van der Waals surface area (Å²) < 4.78 is 6.37. The highest BCUT2D eigenvalue weighted by Gasteiger charge is 2.14. The van der Waals surface area contributed by atoms with E-state index >= 15 is 0 Å². The van der Waals surface area contributed by atoms with Crippen LogP contribution in [-0.2, 0) is 4.79 Å². The van der Waals surface area contributed by atoms with Crippen molar-refractivity contribution in [3.05, 3.63) is 62.1 Å². The van der Waals surface area contributed by atoms with E-state index in [-0.39, 0.29) is 17.4 Å². The standard InChI is InChI=1S/C17H16BrN3O4S/c1-10-8-12(6-7-13(10)18)25-9-16(22)20-17(26)19-14-4-3-5-15(11(14)2)21(23)24/h3-8H,9H2,1-2H3,(H2,19,20,22,26). The van der Waals surface area contributed by atoms with Gasteiger partial charge in [-0.3, -0.25) is 20.2 Å². The molecular formula is C17H16BrN3O4S. The summed E-state index contributed by atoms with van der Waals surface area (Å²) in [6, 6.07) is 9.96. The van der Waals surface area contributed by atoms with Crippen LogP contribution in [0.2, 0.25) is 0 Å². The topological polar surface area (TPSA) is 93.5 Å². The van der Waals surface area contributed by atoms with E-state index in [0.29, 0.717) is 17.0 Å². The van der Waals surface area contributed by atoms with Gasteiger partial charge in [-0.25, -0.2) is 0 Å². The second-order valence-corrected chi connectivity index (χ2v) is 6.67. The summed E-state index contributed by atoms with van der Waals surface area (Å²) in [5.41, 5.74) is 1.84. The van der Waals surface area contributed by atoms with E-state index in [0.717, 1.165) is 10.0 Å². The Kier molecular flexibility index (Phi) is 6.64. The molecule has 0 fully saturated rings. The number of nitrogens with one attached hydrogen (secondary N) is 2. The monoisotopic (exact) mass is 437 g/mol. The third-order valence-electron chi connectivity index (χ3n) is 3.50. The van der Waals surface area contributed by atoms with E-state index in [4.69, 9.17) is 17.0 Å². The number of hydrogen-bond acceptors (Lipinski definition) is 5. The molecule has 136 valence electrons. The number of thiocarbonyl (C=S) groups is 1. The maximum atomic E-state index is 11.9. The van der Waals surface area contributed by atoms with Crippen molar-refractivity contribution >= 4 is 50.5 Å².